The third-order valence-electron chi connectivity index (χ3n) is 6.22. The highest BCUT2D eigenvalue weighted by Crippen LogP contribution is 2.34. The van der Waals surface area contributed by atoms with Crippen molar-refractivity contribution in [3.05, 3.63) is 35.4 Å². The van der Waals surface area contributed by atoms with E-state index in [4.69, 9.17) is 9.26 Å². The Hall–Kier alpha value is -2.34. The number of rotatable bonds is 7. The average molecular weight is 412 g/mol. The number of carbonyl (C=O) groups is 1. The van der Waals surface area contributed by atoms with E-state index >= 15 is 0 Å². The van der Waals surface area contributed by atoms with E-state index in [1.165, 1.54) is 5.56 Å². The monoisotopic (exact) mass is 411 g/mol. The first-order valence-electron chi connectivity index (χ1n) is 11.3. The van der Waals surface area contributed by atoms with Crippen molar-refractivity contribution in [1.29, 1.82) is 0 Å². The van der Waals surface area contributed by atoms with Gasteiger partial charge in [0.05, 0.1) is 25.3 Å². The summed E-state index contributed by atoms with van der Waals surface area (Å²) in [5, 5.41) is 4.48. The van der Waals surface area contributed by atoms with Crippen LogP contribution in [0.25, 0.3) is 11.3 Å². The summed E-state index contributed by atoms with van der Waals surface area (Å²) in [6.45, 7) is 8.43. The van der Waals surface area contributed by atoms with E-state index in [0.29, 0.717) is 25.7 Å². The van der Waals surface area contributed by atoms with Gasteiger partial charge in [-0.1, -0.05) is 48.7 Å². The predicted octanol–water partition coefficient (Wildman–Crippen LogP) is 4.42. The van der Waals surface area contributed by atoms with Crippen LogP contribution in [-0.4, -0.2) is 48.8 Å². The number of nitrogens with zero attached hydrogens (tertiary/aromatic N) is 3. The van der Waals surface area contributed by atoms with Crippen molar-refractivity contribution in [2.75, 3.05) is 37.7 Å². The van der Waals surface area contributed by atoms with Gasteiger partial charge in [-0.15, -0.1) is 0 Å². The second kappa shape index (κ2) is 9.65. The Kier molecular flexibility index (Phi) is 6.72. The van der Waals surface area contributed by atoms with E-state index in [1.807, 2.05) is 11.0 Å². The lowest BCUT2D eigenvalue weighted by Crippen LogP contribution is -2.38. The second-order valence-corrected chi connectivity index (χ2v) is 8.52. The van der Waals surface area contributed by atoms with Gasteiger partial charge in [0.2, 0.25) is 11.8 Å². The molecule has 1 aliphatic heterocycles. The Morgan fingerprint density at radius 1 is 1.23 bits per heavy atom. The van der Waals surface area contributed by atoms with Crippen LogP contribution in [-0.2, 0) is 16.1 Å². The lowest BCUT2D eigenvalue weighted by molar-refractivity contribution is -0.136. The number of benzene rings is 1. The van der Waals surface area contributed by atoms with Gasteiger partial charge in [0.15, 0.2) is 0 Å². The SMILES string of the molecule is CCCN(Cc1c(-c2cccc(C)c2)noc1N1CCOCC1)C(=O)C1CCCC1. The minimum absolute atomic E-state index is 0.172. The lowest BCUT2D eigenvalue weighted by Gasteiger charge is -2.29. The molecule has 2 aliphatic rings. The first-order chi connectivity index (χ1) is 14.7. The molecule has 6 heteroatoms. The van der Waals surface area contributed by atoms with Crippen LogP contribution in [0.15, 0.2) is 28.8 Å². The van der Waals surface area contributed by atoms with Crippen molar-refractivity contribution in [3.63, 3.8) is 0 Å². The fraction of sp³-hybridized carbons (Fsp3) is 0.583. The molecule has 1 amide bonds. The largest absolute Gasteiger partial charge is 0.378 e. The van der Waals surface area contributed by atoms with Crippen LogP contribution in [0.2, 0.25) is 0 Å². The second-order valence-electron chi connectivity index (χ2n) is 8.52. The summed E-state index contributed by atoms with van der Waals surface area (Å²) in [7, 11) is 0. The van der Waals surface area contributed by atoms with Crippen molar-refractivity contribution in [3.8, 4) is 11.3 Å². The number of morpholine rings is 1. The molecule has 162 valence electrons. The highest BCUT2D eigenvalue weighted by Gasteiger charge is 2.31. The lowest BCUT2D eigenvalue weighted by atomic mass is 10.0. The fourth-order valence-corrected chi connectivity index (χ4v) is 4.64. The summed E-state index contributed by atoms with van der Waals surface area (Å²) in [6, 6.07) is 8.33. The molecule has 1 saturated heterocycles. The fourth-order valence-electron chi connectivity index (χ4n) is 4.64. The molecule has 1 saturated carbocycles. The van der Waals surface area contributed by atoms with Gasteiger partial charge in [0.25, 0.3) is 0 Å². The third kappa shape index (κ3) is 4.53. The molecular weight excluding hydrogens is 378 g/mol. The number of aromatic nitrogens is 1. The van der Waals surface area contributed by atoms with Gasteiger partial charge in [0, 0.05) is 31.1 Å². The summed E-state index contributed by atoms with van der Waals surface area (Å²) in [6.07, 6.45) is 5.30. The third-order valence-corrected chi connectivity index (χ3v) is 6.22. The van der Waals surface area contributed by atoms with Gasteiger partial charge < -0.3 is 19.1 Å². The quantitative estimate of drug-likeness (QED) is 0.675. The van der Waals surface area contributed by atoms with Crippen molar-refractivity contribution in [2.45, 2.75) is 52.5 Å². The molecular formula is C24H33N3O3. The van der Waals surface area contributed by atoms with E-state index < -0.39 is 0 Å². The zero-order chi connectivity index (χ0) is 20.9. The van der Waals surface area contributed by atoms with Gasteiger partial charge in [0.1, 0.15) is 5.69 Å². The van der Waals surface area contributed by atoms with Crippen LogP contribution in [0.4, 0.5) is 5.88 Å². The summed E-state index contributed by atoms with van der Waals surface area (Å²) >= 11 is 0. The molecule has 2 aromatic rings. The summed E-state index contributed by atoms with van der Waals surface area (Å²) in [5.41, 5.74) is 4.09. The number of carbonyl (C=O) groups excluding carboxylic acids is 1. The molecule has 0 atom stereocenters. The molecule has 0 radical (unpaired) electrons. The molecule has 0 N–H and O–H groups in total. The summed E-state index contributed by atoms with van der Waals surface area (Å²) < 4.78 is 11.4. The number of aryl methyl sites for hydroxylation is 1. The zero-order valence-electron chi connectivity index (χ0n) is 18.2. The summed E-state index contributed by atoms with van der Waals surface area (Å²) in [5.74, 6) is 1.25. The van der Waals surface area contributed by atoms with E-state index in [0.717, 1.165) is 74.4 Å². The van der Waals surface area contributed by atoms with E-state index in [-0.39, 0.29) is 5.92 Å². The highest BCUT2D eigenvalue weighted by atomic mass is 16.5. The molecule has 2 heterocycles. The molecule has 4 rings (SSSR count). The Morgan fingerprint density at radius 3 is 2.70 bits per heavy atom. The first kappa shape index (κ1) is 20.9. The highest BCUT2D eigenvalue weighted by molar-refractivity contribution is 5.80. The van der Waals surface area contributed by atoms with Crippen LogP contribution in [0.5, 0.6) is 0 Å². The topological polar surface area (TPSA) is 58.8 Å². The van der Waals surface area contributed by atoms with Crippen molar-refractivity contribution in [2.24, 2.45) is 5.92 Å². The normalized spacial score (nSPS) is 17.5. The average Bonchev–Trinajstić information content (AvgIpc) is 3.44. The number of hydrogen-bond acceptors (Lipinski definition) is 5. The molecule has 30 heavy (non-hydrogen) atoms. The Labute approximate surface area is 179 Å². The van der Waals surface area contributed by atoms with Gasteiger partial charge in [-0.2, -0.15) is 0 Å². The van der Waals surface area contributed by atoms with Gasteiger partial charge >= 0.3 is 0 Å². The van der Waals surface area contributed by atoms with Gasteiger partial charge in [-0.05, 0) is 32.3 Å². The number of hydrogen-bond donors (Lipinski definition) is 0. The molecule has 6 nitrogen and oxygen atoms in total. The van der Waals surface area contributed by atoms with Crippen LogP contribution < -0.4 is 4.90 Å². The minimum atomic E-state index is 0.172. The van der Waals surface area contributed by atoms with E-state index in [2.05, 4.69) is 42.1 Å². The molecule has 1 aromatic carbocycles. The van der Waals surface area contributed by atoms with Crippen LogP contribution in [0.3, 0.4) is 0 Å². The smallest absolute Gasteiger partial charge is 0.233 e. The van der Waals surface area contributed by atoms with Crippen LogP contribution in [0.1, 0.15) is 50.2 Å². The molecule has 0 spiro atoms. The maximum Gasteiger partial charge on any atom is 0.233 e. The molecule has 0 bridgehead atoms. The van der Waals surface area contributed by atoms with Crippen LogP contribution in [0, 0.1) is 12.8 Å². The molecule has 1 aliphatic carbocycles. The van der Waals surface area contributed by atoms with Crippen molar-refractivity contribution in [1.82, 2.24) is 10.1 Å². The number of ether oxygens (including phenoxy) is 1. The Bertz CT molecular complexity index is 851. The number of anilines is 1. The van der Waals surface area contributed by atoms with Gasteiger partial charge in [-0.3, -0.25) is 4.79 Å². The predicted molar refractivity (Wildman–Crippen MR) is 117 cm³/mol. The standard InChI is InChI=1S/C24H33N3O3/c1-3-11-27(23(28)19-8-4-5-9-19)17-21-22(20-10-6-7-18(2)16-20)25-30-24(21)26-12-14-29-15-13-26/h6-7,10,16,19H,3-5,8-9,11-15,17H2,1-2H3. The maximum atomic E-state index is 13.3. The number of amides is 1. The van der Waals surface area contributed by atoms with Crippen molar-refractivity contribution >= 4 is 11.8 Å². The minimum Gasteiger partial charge on any atom is -0.378 e. The van der Waals surface area contributed by atoms with Crippen molar-refractivity contribution < 1.29 is 14.1 Å². The van der Waals surface area contributed by atoms with E-state index in [9.17, 15) is 4.79 Å². The first-order valence-corrected chi connectivity index (χ1v) is 11.3. The van der Waals surface area contributed by atoms with Crippen LogP contribution >= 0.6 is 0 Å². The Morgan fingerprint density at radius 2 is 2.00 bits per heavy atom. The maximum absolute atomic E-state index is 13.3. The molecule has 1 aromatic heterocycles. The zero-order valence-corrected chi connectivity index (χ0v) is 18.2. The van der Waals surface area contributed by atoms with Gasteiger partial charge in [-0.25, -0.2) is 0 Å². The molecule has 2 fully saturated rings. The van der Waals surface area contributed by atoms with E-state index in [1.54, 1.807) is 0 Å². The molecule has 0 unspecified atom stereocenters. The Balaban J connectivity index is 1.68. The summed E-state index contributed by atoms with van der Waals surface area (Å²) in [4.78, 5) is 17.5.